The summed E-state index contributed by atoms with van der Waals surface area (Å²) in [6, 6.07) is 8.41. The van der Waals surface area contributed by atoms with Gasteiger partial charge in [0.2, 0.25) is 0 Å². The second kappa shape index (κ2) is 6.93. The van der Waals surface area contributed by atoms with E-state index in [0.717, 1.165) is 12.8 Å². The summed E-state index contributed by atoms with van der Waals surface area (Å²) in [6.45, 7) is 5.54. The number of rotatable bonds is 6. The van der Waals surface area contributed by atoms with Crippen molar-refractivity contribution in [3.05, 3.63) is 30.3 Å². The van der Waals surface area contributed by atoms with Crippen LogP contribution in [0.5, 0.6) is 0 Å². The Morgan fingerprint density at radius 2 is 1.85 bits per heavy atom. The molecule has 1 aromatic carbocycles. The van der Waals surface area contributed by atoms with Crippen molar-refractivity contribution in [2.75, 3.05) is 11.4 Å². The number of nitrogens with zero attached hydrogens (tertiary/aromatic N) is 1. The lowest BCUT2D eigenvalue weighted by atomic mass is 9.99. The van der Waals surface area contributed by atoms with Crippen LogP contribution >= 0.6 is 0 Å². The van der Waals surface area contributed by atoms with E-state index in [4.69, 9.17) is 5.11 Å². The van der Waals surface area contributed by atoms with Crippen molar-refractivity contribution in [1.82, 2.24) is 5.32 Å². The Labute approximate surface area is 119 Å². The number of hydrogen-bond donors (Lipinski definition) is 2. The third kappa shape index (κ3) is 4.91. The van der Waals surface area contributed by atoms with Gasteiger partial charge in [0.1, 0.15) is 6.54 Å². The Hall–Kier alpha value is -2.04. The lowest BCUT2D eigenvalue weighted by Crippen LogP contribution is -2.51. The molecule has 1 aromatic rings. The van der Waals surface area contributed by atoms with Gasteiger partial charge in [0, 0.05) is 11.2 Å². The summed E-state index contributed by atoms with van der Waals surface area (Å²) in [6.07, 6.45) is 1.77. The molecule has 0 atom stereocenters. The summed E-state index contributed by atoms with van der Waals surface area (Å²) >= 11 is 0. The molecule has 0 bridgehead atoms. The van der Waals surface area contributed by atoms with Gasteiger partial charge in [0.15, 0.2) is 0 Å². The number of para-hydroxylation sites is 1. The van der Waals surface area contributed by atoms with Crippen LogP contribution in [0, 0.1) is 0 Å². The van der Waals surface area contributed by atoms with Crippen molar-refractivity contribution in [2.24, 2.45) is 0 Å². The van der Waals surface area contributed by atoms with Crippen LogP contribution in [0.25, 0.3) is 0 Å². The van der Waals surface area contributed by atoms with Gasteiger partial charge in [-0.3, -0.25) is 9.69 Å². The predicted octanol–water partition coefficient (Wildman–Crippen LogP) is 2.87. The van der Waals surface area contributed by atoms with Gasteiger partial charge >= 0.3 is 12.0 Å². The molecule has 1 rings (SSSR count). The van der Waals surface area contributed by atoms with E-state index in [1.165, 1.54) is 4.90 Å². The van der Waals surface area contributed by atoms with E-state index in [1.54, 1.807) is 24.3 Å². The maximum absolute atomic E-state index is 12.3. The highest BCUT2D eigenvalue weighted by Crippen LogP contribution is 2.16. The highest BCUT2D eigenvalue weighted by molar-refractivity contribution is 5.96. The number of carbonyl (C=O) groups is 2. The lowest BCUT2D eigenvalue weighted by Gasteiger charge is -2.30. The minimum Gasteiger partial charge on any atom is -0.480 e. The van der Waals surface area contributed by atoms with Gasteiger partial charge in [-0.2, -0.15) is 0 Å². The van der Waals surface area contributed by atoms with Gasteiger partial charge < -0.3 is 10.4 Å². The van der Waals surface area contributed by atoms with Crippen molar-refractivity contribution in [3.63, 3.8) is 0 Å². The fraction of sp³-hybridized carbons (Fsp3) is 0.467. The van der Waals surface area contributed by atoms with Gasteiger partial charge in [-0.15, -0.1) is 0 Å². The Kier molecular flexibility index (Phi) is 5.55. The van der Waals surface area contributed by atoms with Gasteiger partial charge in [0.25, 0.3) is 0 Å². The molecule has 0 saturated carbocycles. The zero-order valence-corrected chi connectivity index (χ0v) is 12.2. The zero-order valence-electron chi connectivity index (χ0n) is 12.2. The molecule has 5 nitrogen and oxygen atoms in total. The predicted molar refractivity (Wildman–Crippen MR) is 78.9 cm³/mol. The molecule has 0 unspecified atom stereocenters. The quantitative estimate of drug-likeness (QED) is 0.840. The number of carbonyl (C=O) groups excluding carboxylic acids is 1. The maximum Gasteiger partial charge on any atom is 0.323 e. The first-order valence-corrected chi connectivity index (χ1v) is 6.72. The smallest absolute Gasteiger partial charge is 0.323 e. The van der Waals surface area contributed by atoms with E-state index in [1.807, 2.05) is 26.8 Å². The molecule has 0 aliphatic rings. The Bertz CT molecular complexity index is 457. The Balaban J connectivity index is 2.89. The molecule has 5 heteroatoms. The SMILES string of the molecule is CCCC(C)(C)NC(=O)N(CC(=O)O)c1ccccc1. The van der Waals surface area contributed by atoms with Gasteiger partial charge in [-0.05, 0) is 32.4 Å². The molecular formula is C15H22N2O3. The zero-order chi connectivity index (χ0) is 15.2. The van der Waals surface area contributed by atoms with Crippen molar-refractivity contribution in [1.29, 1.82) is 0 Å². The average molecular weight is 278 g/mol. The van der Waals surface area contributed by atoms with Gasteiger partial charge in [0.05, 0.1) is 0 Å². The van der Waals surface area contributed by atoms with Gasteiger partial charge in [-0.1, -0.05) is 31.5 Å². The molecule has 2 amide bonds. The Morgan fingerprint density at radius 1 is 1.25 bits per heavy atom. The van der Waals surface area contributed by atoms with Crippen molar-refractivity contribution in [3.8, 4) is 0 Å². The second-order valence-corrected chi connectivity index (χ2v) is 5.38. The molecule has 20 heavy (non-hydrogen) atoms. The highest BCUT2D eigenvalue weighted by Gasteiger charge is 2.25. The molecular weight excluding hydrogens is 256 g/mol. The van der Waals surface area contributed by atoms with E-state index >= 15 is 0 Å². The van der Waals surface area contributed by atoms with Gasteiger partial charge in [-0.25, -0.2) is 4.79 Å². The number of carboxylic acids is 1. The first kappa shape index (κ1) is 16.0. The molecule has 0 aliphatic heterocycles. The number of aliphatic carboxylic acids is 1. The van der Waals surface area contributed by atoms with Crippen molar-refractivity contribution in [2.45, 2.75) is 39.2 Å². The molecule has 0 aromatic heterocycles. The van der Waals surface area contributed by atoms with E-state index < -0.39 is 12.0 Å². The molecule has 0 aliphatic carbocycles. The molecule has 2 N–H and O–H groups in total. The van der Waals surface area contributed by atoms with E-state index in [-0.39, 0.29) is 12.1 Å². The van der Waals surface area contributed by atoms with Crippen LogP contribution < -0.4 is 10.2 Å². The molecule has 0 saturated heterocycles. The van der Waals surface area contributed by atoms with Crippen molar-refractivity contribution < 1.29 is 14.7 Å². The van der Waals surface area contributed by atoms with Crippen molar-refractivity contribution >= 4 is 17.7 Å². The van der Waals surface area contributed by atoms with Crippen LogP contribution in [0.3, 0.4) is 0 Å². The van der Waals surface area contributed by atoms with E-state index in [9.17, 15) is 9.59 Å². The number of amides is 2. The van der Waals surface area contributed by atoms with E-state index in [0.29, 0.717) is 5.69 Å². The van der Waals surface area contributed by atoms with Crippen LogP contribution in [0.15, 0.2) is 30.3 Å². The average Bonchev–Trinajstić information content (AvgIpc) is 2.36. The van der Waals surface area contributed by atoms with E-state index in [2.05, 4.69) is 5.32 Å². The third-order valence-corrected chi connectivity index (χ3v) is 2.93. The van der Waals surface area contributed by atoms with Crippen LogP contribution in [0.4, 0.5) is 10.5 Å². The maximum atomic E-state index is 12.3. The summed E-state index contributed by atoms with van der Waals surface area (Å²) in [7, 11) is 0. The minimum atomic E-state index is -1.04. The highest BCUT2D eigenvalue weighted by atomic mass is 16.4. The lowest BCUT2D eigenvalue weighted by molar-refractivity contribution is -0.135. The topological polar surface area (TPSA) is 69.6 Å². The molecule has 0 fully saturated rings. The number of nitrogens with one attached hydrogen (secondary N) is 1. The molecule has 0 heterocycles. The number of hydrogen-bond acceptors (Lipinski definition) is 2. The number of urea groups is 1. The van der Waals surface area contributed by atoms with Crippen LogP contribution in [-0.2, 0) is 4.79 Å². The Morgan fingerprint density at radius 3 is 2.35 bits per heavy atom. The van der Waals surface area contributed by atoms with Crippen LogP contribution in [0.2, 0.25) is 0 Å². The summed E-state index contributed by atoms with van der Waals surface area (Å²) in [4.78, 5) is 24.5. The molecule has 110 valence electrons. The number of carboxylic acid groups (broad SMARTS) is 1. The number of anilines is 1. The standard InChI is InChI=1S/C15H22N2O3/c1-4-10-15(2,3)16-14(20)17(11-13(18)19)12-8-6-5-7-9-12/h5-9H,4,10-11H2,1-3H3,(H,16,20)(H,18,19). The fourth-order valence-corrected chi connectivity index (χ4v) is 2.07. The fourth-order valence-electron chi connectivity index (χ4n) is 2.07. The molecule has 0 radical (unpaired) electrons. The first-order chi connectivity index (χ1) is 9.35. The molecule has 0 spiro atoms. The summed E-state index contributed by atoms with van der Waals surface area (Å²) < 4.78 is 0. The van der Waals surface area contributed by atoms with Crippen LogP contribution in [0.1, 0.15) is 33.6 Å². The second-order valence-electron chi connectivity index (χ2n) is 5.38. The third-order valence-electron chi connectivity index (χ3n) is 2.93. The van der Waals surface area contributed by atoms with Crippen LogP contribution in [-0.4, -0.2) is 29.2 Å². The number of benzene rings is 1. The minimum absolute atomic E-state index is 0.363. The summed E-state index contributed by atoms with van der Waals surface area (Å²) in [5.41, 5.74) is 0.205. The first-order valence-electron chi connectivity index (χ1n) is 6.72. The monoisotopic (exact) mass is 278 g/mol. The normalized spacial score (nSPS) is 10.9. The largest absolute Gasteiger partial charge is 0.480 e. The summed E-state index contributed by atoms with van der Waals surface area (Å²) in [5.74, 6) is -1.04. The summed E-state index contributed by atoms with van der Waals surface area (Å²) in [5, 5.41) is 11.9.